The molecule has 1 aliphatic heterocycles. The highest BCUT2D eigenvalue weighted by Crippen LogP contribution is 2.33. The van der Waals surface area contributed by atoms with Gasteiger partial charge in [0, 0.05) is 25.2 Å². The third-order valence-corrected chi connectivity index (χ3v) is 4.83. The highest BCUT2D eigenvalue weighted by Gasteiger charge is 2.31. The van der Waals surface area contributed by atoms with Crippen LogP contribution in [0.15, 0.2) is 0 Å². The maximum absolute atomic E-state index is 3.42. The monoisotopic (exact) mass is 224 g/mol. The van der Waals surface area contributed by atoms with E-state index in [0.717, 1.165) is 23.9 Å². The van der Waals surface area contributed by atoms with Crippen molar-refractivity contribution in [3.63, 3.8) is 0 Å². The van der Waals surface area contributed by atoms with E-state index in [1.54, 1.807) is 0 Å². The van der Waals surface area contributed by atoms with Crippen molar-refractivity contribution in [1.82, 2.24) is 10.2 Å². The van der Waals surface area contributed by atoms with Crippen LogP contribution in [0.5, 0.6) is 0 Å². The number of nitrogens with zero attached hydrogens (tertiary/aromatic N) is 1. The Kier molecular flexibility index (Phi) is 4.26. The molecule has 0 radical (unpaired) electrons. The Balaban J connectivity index is 1.77. The lowest BCUT2D eigenvalue weighted by molar-refractivity contribution is 0.144. The van der Waals surface area contributed by atoms with Gasteiger partial charge in [0.15, 0.2) is 0 Å². The molecule has 0 aromatic carbocycles. The smallest absolute Gasteiger partial charge is 0.0204 e. The van der Waals surface area contributed by atoms with Crippen LogP contribution in [0.1, 0.15) is 46.0 Å². The minimum absolute atomic E-state index is 0.753. The van der Waals surface area contributed by atoms with Gasteiger partial charge in [-0.15, -0.1) is 0 Å². The van der Waals surface area contributed by atoms with Crippen LogP contribution in [-0.2, 0) is 0 Å². The highest BCUT2D eigenvalue weighted by molar-refractivity contribution is 4.87. The van der Waals surface area contributed by atoms with E-state index >= 15 is 0 Å². The molecule has 1 aliphatic carbocycles. The van der Waals surface area contributed by atoms with Gasteiger partial charge in [0.05, 0.1) is 0 Å². The summed E-state index contributed by atoms with van der Waals surface area (Å²) in [4.78, 5) is 2.73. The number of likely N-dealkylation sites (N-methyl/N-ethyl adjacent to an activating group) is 1. The van der Waals surface area contributed by atoms with Crippen LogP contribution in [-0.4, -0.2) is 37.1 Å². The van der Waals surface area contributed by atoms with Gasteiger partial charge in [-0.2, -0.15) is 0 Å². The third-order valence-electron chi connectivity index (χ3n) is 4.83. The molecule has 1 saturated carbocycles. The fourth-order valence-electron chi connectivity index (χ4n) is 3.49. The molecule has 2 heteroatoms. The number of nitrogens with one attached hydrogen (secondary N) is 1. The van der Waals surface area contributed by atoms with Crippen molar-refractivity contribution in [2.24, 2.45) is 11.8 Å². The van der Waals surface area contributed by atoms with E-state index in [0.29, 0.717) is 0 Å². The summed E-state index contributed by atoms with van der Waals surface area (Å²) in [6.07, 6.45) is 7.16. The highest BCUT2D eigenvalue weighted by atomic mass is 15.2. The Bertz CT molecular complexity index is 207. The lowest BCUT2D eigenvalue weighted by atomic mass is 9.79. The van der Waals surface area contributed by atoms with E-state index < -0.39 is 0 Å². The summed E-state index contributed by atoms with van der Waals surface area (Å²) in [5.41, 5.74) is 0. The molecule has 0 bridgehead atoms. The first-order valence-electron chi connectivity index (χ1n) is 7.12. The van der Waals surface area contributed by atoms with Crippen LogP contribution < -0.4 is 5.32 Å². The van der Waals surface area contributed by atoms with E-state index in [9.17, 15) is 0 Å². The summed E-state index contributed by atoms with van der Waals surface area (Å²) in [7, 11) is 2.10. The van der Waals surface area contributed by atoms with E-state index in [1.165, 1.54) is 45.2 Å². The van der Waals surface area contributed by atoms with Crippen molar-refractivity contribution >= 4 is 0 Å². The van der Waals surface area contributed by atoms with Crippen LogP contribution in [0.3, 0.4) is 0 Å². The molecule has 16 heavy (non-hydrogen) atoms. The molecule has 2 aliphatic rings. The second-order valence-electron chi connectivity index (χ2n) is 6.08. The molecule has 1 heterocycles. The Morgan fingerprint density at radius 3 is 2.25 bits per heavy atom. The average molecular weight is 224 g/mol. The van der Waals surface area contributed by atoms with Crippen molar-refractivity contribution < 1.29 is 0 Å². The molecule has 0 amide bonds. The molecule has 2 rings (SSSR count). The molecule has 0 aromatic rings. The van der Waals surface area contributed by atoms with Crippen LogP contribution in [0.2, 0.25) is 0 Å². The summed E-state index contributed by atoms with van der Waals surface area (Å²) in [6, 6.07) is 1.65. The lowest BCUT2D eigenvalue weighted by Gasteiger charge is -2.36. The molecule has 1 N–H and O–H groups in total. The fourth-order valence-corrected chi connectivity index (χ4v) is 3.49. The van der Waals surface area contributed by atoms with Crippen LogP contribution in [0, 0.1) is 11.8 Å². The number of likely N-dealkylation sites (tertiary alicyclic amines) is 1. The largest absolute Gasteiger partial charge is 0.316 e. The normalized spacial score (nSPS) is 37.1. The lowest BCUT2D eigenvalue weighted by Crippen LogP contribution is -2.39. The van der Waals surface area contributed by atoms with Crippen molar-refractivity contribution in [3.05, 3.63) is 0 Å². The summed E-state index contributed by atoms with van der Waals surface area (Å²) in [5.74, 6) is 1.89. The molecular weight excluding hydrogens is 196 g/mol. The molecule has 2 nitrogen and oxygen atoms in total. The Morgan fingerprint density at radius 2 is 1.75 bits per heavy atom. The van der Waals surface area contributed by atoms with Gasteiger partial charge in [0.25, 0.3) is 0 Å². The van der Waals surface area contributed by atoms with Crippen LogP contribution in [0.4, 0.5) is 0 Å². The van der Waals surface area contributed by atoms with Gasteiger partial charge < -0.3 is 5.32 Å². The minimum atomic E-state index is 0.753. The summed E-state index contributed by atoms with van der Waals surface area (Å²) in [5, 5.41) is 3.42. The first-order chi connectivity index (χ1) is 7.70. The first-order valence-corrected chi connectivity index (χ1v) is 7.12. The topological polar surface area (TPSA) is 15.3 Å². The molecular formula is C14H28N2. The second-order valence-corrected chi connectivity index (χ2v) is 6.08. The third kappa shape index (κ3) is 2.78. The Hall–Kier alpha value is -0.0800. The van der Waals surface area contributed by atoms with E-state index in [-0.39, 0.29) is 0 Å². The van der Waals surface area contributed by atoms with Crippen molar-refractivity contribution in [2.75, 3.05) is 20.1 Å². The number of rotatable bonds is 3. The van der Waals surface area contributed by atoms with E-state index in [1.807, 2.05) is 0 Å². The Labute approximate surface area is 101 Å². The van der Waals surface area contributed by atoms with Gasteiger partial charge in [-0.1, -0.05) is 13.8 Å². The zero-order chi connectivity index (χ0) is 11.5. The fraction of sp³-hybridized carbons (Fsp3) is 1.00. The predicted molar refractivity (Wildman–Crippen MR) is 69.6 cm³/mol. The van der Waals surface area contributed by atoms with Gasteiger partial charge in [-0.05, 0) is 51.0 Å². The van der Waals surface area contributed by atoms with Gasteiger partial charge >= 0.3 is 0 Å². The molecule has 1 saturated heterocycles. The summed E-state index contributed by atoms with van der Waals surface area (Å²) < 4.78 is 0. The second kappa shape index (κ2) is 5.50. The standard InChI is InChI=1S/C14H28N2/c1-11(2)12-4-6-14(7-5-12)16-9-8-13(10-16)15-3/h11-15H,4-10H2,1-3H3. The summed E-state index contributed by atoms with van der Waals surface area (Å²) in [6.45, 7) is 7.38. The maximum Gasteiger partial charge on any atom is 0.0204 e. The summed E-state index contributed by atoms with van der Waals surface area (Å²) >= 11 is 0. The average Bonchev–Trinajstić information content (AvgIpc) is 2.77. The predicted octanol–water partition coefficient (Wildman–Crippen LogP) is 2.49. The molecule has 94 valence electrons. The number of hydrogen-bond donors (Lipinski definition) is 1. The zero-order valence-corrected chi connectivity index (χ0v) is 11.2. The van der Waals surface area contributed by atoms with Gasteiger partial charge in [0.1, 0.15) is 0 Å². The van der Waals surface area contributed by atoms with Gasteiger partial charge in [-0.25, -0.2) is 0 Å². The van der Waals surface area contributed by atoms with Crippen molar-refractivity contribution in [3.8, 4) is 0 Å². The minimum Gasteiger partial charge on any atom is -0.316 e. The Morgan fingerprint density at radius 1 is 1.06 bits per heavy atom. The van der Waals surface area contributed by atoms with Gasteiger partial charge in [-0.3, -0.25) is 4.90 Å². The maximum atomic E-state index is 3.42. The van der Waals surface area contributed by atoms with Crippen molar-refractivity contribution in [2.45, 2.75) is 58.0 Å². The molecule has 1 unspecified atom stereocenters. The first kappa shape index (κ1) is 12.4. The molecule has 0 spiro atoms. The van der Waals surface area contributed by atoms with Crippen LogP contribution >= 0.6 is 0 Å². The SMILES string of the molecule is CNC1CCN(C2CCC(C(C)C)CC2)C1. The quantitative estimate of drug-likeness (QED) is 0.792. The van der Waals surface area contributed by atoms with E-state index in [4.69, 9.17) is 0 Å². The number of hydrogen-bond acceptors (Lipinski definition) is 2. The molecule has 1 atom stereocenters. The van der Waals surface area contributed by atoms with E-state index in [2.05, 4.69) is 31.1 Å². The molecule has 0 aromatic heterocycles. The molecule has 2 fully saturated rings. The van der Waals surface area contributed by atoms with Crippen LogP contribution in [0.25, 0.3) is 0 Å². The van der Waals surface area contributed by atoms with Gasteiger partial charge in [0.2, 0.25) is 0 Å². The van der Waals surface area contributed by atoms with Crippen molar-refractivity contribution in [1.29, 1.82) is 0 Å². The zero-order valence-electron chi connectivity index (χ0n) is 11.2.